The fraction of sp³-hybridized carbons (Fsp3) is 0.417. The predicted octanol–water partition coefficient (Wildman–Crippen LogP) is 0.464. The summed E-state index contributed by atoms with van der Waals surface area (Å²) >= 11 is 0. The summed E-state index contributed by atoms with van der Waals surface area (Å²) in [6, 6.07) is 9.66. The number of benzene rings is 1. The summed E-state index contributed by atoms with van der Waals surface area (Å²) in [7, 11) is 0. The Hall–Kier alpha value is -3.66. The molecule has 0 bridgehead atoms. The van der Waals surface area contributed by atoms with Crippen molar-refractivity contribution in [3.05, 3.63) is 68.4 Å². The number of anilines is 1. The van der Waals surface area contributed by atoms with Crippen molar-refractivity contribution in [3.8, 4) is 0 Å². The van der Waals surface area contributed by atoms with Crippen LogP contribution in [0.25, 0.3) is 11.2 Å². The Bertz CT molecular complexity index is 1320. The molecule has 0 saturated carbocycles. The number of carbonyl (C=O) groups is 1. The van der Waals surface area contributed by atoms with Gasteiger partial charge in [-0.2, -0.15) is 4.98 Å². The van der Waals surface area contributed by atoms with Crippen molar-refractivity contribution in [1.29, 1.82) is 0 Å². The van der Waals surface area contributed by atoms with Gasteiger partial charge in [-0.25, -0.2) is 4.79 Å². The highest BCUT2D eigenvalue weighted by molar-refractivity contribution is 5.79. The number of fused-ring (bicyclic) bond motifs is 1. The van der Waals surface area contributed by atoms with E-state index >= 15 is 0 Å². The second-order valence-corrected chi connectivity index (χ2v) is 8.74. The summed E-state index contributed by atoms with van der Waals surface area (Å²) in [5.41, 5.74) is 7.10. The molecule has 1 saturated heterocycles. The van der Waals surface area contributed by atoms with E-state index < -0.39 is 17.2 Å². The predicted molar refractivity (Wildman–Crippen MR) is 132 cm³/mol. The summed E-state index contributed by atoms with van der Waals surface area (Å²) in [4.78, 5) is 45.7. The van der Waals surface area contributed by atoms with E-state index in [1.54, 1.807) is 0 Å². The number of amides is 1. The summed E-state index contributed by atoms with van der Waals surface area (Å²) in [5, 5.41) is 3.31. The highest BCUT2D eigenvalue weighted by Gasteiger charge is 2.25. The first-order valence-electron chi connectivity index (χ1n) is 11.5. The lowest BCUT2D eigenvalue weighted by molar-refractivity contribution is -0.118. The van der Waals surface area contributed by atoms with E-state index in [0.717, 1.165) is 37.3 Å². The maximum atomic E-state index is 13.7. The quantitative estimate of drug-likeness (QED) is 0.467. The van der Waals surface area contributed by atoms with Crippen molar-refractivity contribution < 1.29 is 4.79 Å². The molecule has 180 valence electrons. The lowest BCUT2D eigenvalue weighted by atomic mass is 10.1. The Morgan fingerprint density at radius 2 is 1.79 bits per heavy atom. The number of primary amides is 1. The van der Waals surface area contributed by atoms with Gasteiger partial charge in [0.25, 0.3) is 5.56 Å². The Morgan fingerprint density at radius 1 is 1.09 bits per heavy atom. The molecule has 1 fully saturated rings. The first-order valence-corrected chi connectivity index (χ1v) is 11.5. The Labute approximate surface area is 197 Å². The van der Waals surface area contributed by atoms with E-state index in [1.165, 1.54) is 9.13 Å². The smallest absolute Gasteiger partial charge is 0.333 e. The molecule has 4 rings (SSSR count). The van der Waals surface area contributed by atoms with Crippen LogP contribution in [0.15, 0.2) is 51.6 Å². The first kappa shape index (κ1) is 23.5. The zero-order valence-corrected chi connectivity index (χ0v) is 19.7. The molecule has 10 heteroatoms. The van der Waals surface area contributed by atoms with Crippen LogP contribution in [-0.2, 0) is 30.8 Å². The van der Waals surface area contributed by atoms with E-state index in [1.807, 2.05) is 54.8 Å². The molecule has 3 N–H and O–H groups in total. The number of hydrogen-bond acceptors (Lipinski definition) is 6. The third kappa shape index (κ3) is 4.81. The van der Waals surface area contributed by atoms with Crippen LogP contribution in [0.5, 0.6) is 0 Å². The van der Waals surface area contributed by atoms with Crippen LogP contribution in [0.3, 0.4) is 0 Å². The molecule has 0 atom stereocenters. The fourth-order valence-electron chi connectivity index (χ4n) is 4.21. The number of rotatable bonds is 8. The van der Waals surface area contributed by atoms with Crippen molar-refractivity contribution in [1.82, 2.24) is 24.0 Å². The molecular formula is C24H31N7O3. The average molecular weight is 466 g/mol. The van der Waals surface area contributed by atoms with Gasteiger partial charge in [0, 0.05) is 39.3 Å². The number of imidazole rings is 1. The van der Waals surface area contributed by atoms with Crippen molar-refractivity contribution in [2.45, 2.75) is 39.9 Å². The van der Waals surface area contributed by atoms with Crippen molar-refractivity contribution in [2.24, 2.45) is 5.73 Å². The topological polar surface area (TPSA) is 120 Å². The zero-order valence-electron chi connectivity index (χ0n) is 19.7. The standard InChI is InChI=1S/C24H31N7O3/c1-17(2)8-12-29-20-21(27-23(29)28-14-10-26-11-15-28)31(16-19(25)32)24(34)30(22(20)33)13-9-18-6-4-3-5-7-18/h3-8,26H,9-16H2,1-2H3,(H2,25,32). The van der Waals surface area contributed by atoms with Gasteiger partial charge in [-0.1, -0.05) is 42.0 Å². The van der Waals surface area contributed by atoms with Crippen LogP contribution in [0.2, 0.25) is 0 Å². The monoisotopic (exact) mass is 465 g/mol. The number of nitrogens with one attached hydrogen (secondary N) is 1. The minimum Gasteiger partial charge on any atom is -0.368 e. The molecular weight excluding hydrogens is 434 g/mol. The Kier molecular flexibility index (Phi) is 6.97. The van der Waals surface area contributed by atoms with Crippen LogP contribution in [0.4, 0.5) is 5.95 Å². The van der Waals surface area contributed by atoms with Crippen molar-refractivity contribution in [2.75, 3.05) is 31.1 Å². The number of hydrogen-bond donors (Lipinski definition) is 2. The molecule has 3 aromatic rings. The molecule has 3 heterocycles. The van der Waals surface area contributed by atoms with E-state index in [-0.39, 0.29) is 18.7 Å². The summed E-state index contributed by atoms with van der Waals surface area (Å²) in [5.74, 6) is -0.0521. The molecule has 1 amide bonds. The third-order valence-electron chi connectivity index (χ3n) is 5.96. The highest BCUT2D eigenvalue weighted by atomic mass is 16.2. The molecule has 10 nitrogen and oxygen atoms in total. The molecule has 0 radical (unpaired) electrons. The summed E-state index contributed by atoms with van der Waals surface area (Å²) in [6.45, 7) is 7.29. The maximum absolute atomic E-state index is 13.7. The number of nitrogens with zero attached hydrogens (tertiary/aromatic N) is 5. The van der Waals surface area contributed by atoms with Gasteiger partial charge in [-0.15, -0.1) is 0 Å². The Morgan fingerprint density at radius 3 is 2.44 bits per heavy atom. The van der Waals surface area contributed by atoms with E-state index in [4.69, 9.17) is 10.7 Å². The maximum Gasteiger partial charge on any atom is 0.333 e. The number of piperazine rings is 1. The van der Waals surface area contributed by atoms with Crippen molar-refractivity contribution >= 4 is 23.0 Å². The number of carbonyl (C=O) groups excluding carboxylic acids is 1. The van der Waals surface area contributed by atoms with E-state index in [0.29, 0.717) is 24.4 Å². The highest BCUT2D eigenvalue weighted by Crippen LogP contribution is 2.21. The molecule has 0 aliphatic carbocycles. The number of allylic oxidation sites excluding steroid dienone is 2. The molecule has 1 aliphatic heterocycles. The average Bonchev–Trinajstić information content (AvgIpc) is 3.21. The first-order chi connectivity index (χ1) is 16.4. The zero-order chi connectivity index (χ0) is 24.2. The van der Waals surface area contributed by atoms with E-state index in [9.17, 15) is 14.4 Å². The molecule has 34 heavy (non-hydrogen) atoms. The lowest BCUT2D eigenvalue weighted by Crippen LogP contribution is -2.44. The molecule has 2 aromatic heterocycles. The largest absolute Gasteiger partial charge is 0.368 e. The number of nitrogens with two attached hydrogens (primary N) is 1. The SMILES string of the molecule is CC(C)=CCn1c(N2CCNCC2)nc2c1c(=O)n(CCc1ccccc1)c(=O)n2CC(N)=O. The minimum atomic E-state index is -0.667. The lowest BCUT2D eigenvalue weighted by Gasteiger charge is -2.28. The van der Waals surface area contributed by atoms with Crippen LogP contribution in [0.1, 0.15) is 19.4 Å². The van der Waals surface area contributed by atoms with Gasteiger partial charge < -0.3 is 20.5 Å². The van der Waals surface area contributed by atoms with E-state index in [2.05, 4.69) is 10.2 Å². The van der Waals surface area contributed by atoms with Gasteiger partial charge >= 0.3 is 5.69 Å². The third-order valence-corrected chi connectivity index (χ3v) is 5.96. The van der Waals surface area contributed by atoms with Crippen LogP contribution in [0, 0.1) is 0 Å². The van der Waals surface area contributed by atoms with Crippen LogP contribution in [-0.4, -0.2) is 50.8 Å². The van der Waals surface area contributed by atoms with Gasteiger partial charge in [0.15, 0.2) is 11.2 Å². The minimum absolute atomic E-state index is 0.188. The second-order valence-electron chi connectivity index (χ2n) is 8.74. The van der Waals surface area contributed by atoms with Crippen molar-refractivity contribution in [3.63, 3.8) is 0 Å². The number of aryl methyl sites for hydroxylation is 1. The summed E-state index contributed by atoms with van der Waals surface area (Å²) in [6.07, 6.45) is 2.52. The van der Waals surface area contributed by atoms with Gasteiger partial charge in [0.05, 0.1) is 0 Å². The van der Waals surface area contributed by atoms with Gasteiger partial charge in [0.2, 0.25) is 11.9 Å². The van der Waals surface area contributed by atoms with Gasteiger partial charge in [0.1, 0.15) is 6.54 Å². The molecule has 1 aromatic carbocycles. The van der Waals surface area contributed by atoms with Crippen LogP contribution >= 0.6 is 0 Å². The van der Waals surface area contributed by atoms with Crippen LogP contribution < -0.4 is 27.2 Å². The Balaban J connectivity index is 1.93. The molecule has 1 aliphatic rings. The summed E-state index contributed by atoms with van der Waals surface area (Å²) < 4.78 is 4.28. The second kappa shape index (κ2) is 10.1. The van der Waals surface area contributed by atoms with Gasteiger partial charge in [-0.05, 0) is 25.8 Å². The molecule has 0 spiro atoms. The fourth-order valence-corrected chi connectivity index (χ4v) is 4.21. The normalized spacial score (nSPS) is 13.9. The number of aromatic nitrogens is 4. The molecule has 0 unspecified atom stereocenters. The van der Waals surface area contributed by atoms with Gasteiger partial charge in [-0.3, -0.25) is 18.7 Å².